The molecule has 1 amide bonds. The molecule has 0 aromatic carbocycles. The summed E-state index contributed by atoms with van der Waals surface area (Å²) in [7, 11) is 0. The first kappa shape index (κ1) is 17.7. The van der Waals surface area contributed by atoms with Crippen LogP contribution in [0.15, 0.2) is 35.6 Å². The first-order chi connectivity index (χ1) is 12.1. The van der Waals surface area contributed by atoms with Crippen LogP contribution < -0.4 is 16.2 Å². The minimum Gasteiger partial charge on any atom is -0.462 e. The third-order valence-corrected chi connectivity index (χ3v) is 2.77. The van der Waals surface area contributed by atoms with Crippen molar-refractivity contribution in [1.29, 1.82) is 0 Å². The lowest BCUT2D eigenvalue weighted by atomic mass is 10.2. The van der Waals surface area contributed by atoms with Gasteiger partial charge in [-0.05, 0) is 12.1 Å². The molecule has 0 saturated heterocycles. The van der Waals surface area contributed by atoms with Gasteiger partial charge in [0.15, 0.2) is 5.96 Å². The minimum atomic E-state index is -0.885. The zero-order valence-corrected chi connectivity index (χ0v) is 13.3. The molecule has 0 saturated carbocycles. The van der Waals surface area contributed by atoms with Gasteiger partial charge in [0.2, 0.25) is 0 Å². The average molecular weight is 340 g/mol. The summed E-state index contributed by atoms with van der Waals surface area (Å²) < 4.78 is 10.2. The number of hydrogen-bond donors (Lipinski definition) is 2. The molecule has 9 nitrogen and oxygen atoms in total. The molecule has 0 fully saturated rings. The maximum atomic E-state index is 11.3. The zero-order chi connectivity index (χ0) is 18.1. The van der Waals surface area contributed by atoms with Gasteiger partial charge in [-0.3, -0.25) is 0 Å². The Balaban J connectivity index is 2.02. The van der Waals surface area contributed by atoms with E-state index in [1.807, 2.05) is 0 Å². The van der Waals surface area contributed by atoms with Crippen LogP contribution in [0.1, 0.15) is 12.1 Å². The van der Waals surface area contributed by atoms with Gasteiger partial charge in [0.1, 0.15) is 13.2 Å². The van der Waals surface area contributed by atoms with Crippen molar-refractivity contribution in [1.82, 2.24) is 15.0 Å². The molecule has 2 aromatic heterocycles. The van der Waals surface area contributed by atoms with E-state index in [0.29, 0.717) is 30.0 Å². The molecule has 25 heavy (non-hydrogen) atoms. The van der Waals surface area contributed by atoms with Crippen LogP contribution in [0.4, 0.5) is 4.79 Å². The predicted molar refractivity (Wildman–Crippen MR) is 90.2 cm³/mol. The number of pyridine rings is 1. The molecule has 0 aliphatic carbocycles. The van der Waals surface area contributed by atoms with E-state index in [2.05, 4.69) is 25.9 Å². The number of aromatic nitrogens is 3. The van der Waals surface area contributed by atoms with Gasteiger partial charge in [0.05, 0.1) is 11.4 Å². The highest BCUT2D eigenvalue weighted by Crippen LogP contribution is 2.17. The number of aliphatic imine (C=N–C) groups is 1. The van der Waals surface area contributed by atoms with Crippen LogP contribution >= 0.6 is 0 Å². The molecule has 0 unspecified atom stereocenters. The third-order valence-electron chi connectivity index (χ3n) is 2.77. The summed E-state index contributed by atoms with van der Waals surface area (Å²) in [5, 5.41) is 0. The van der Waals surface area contributed by atoms with Gasteiger partial charge in [-0.2, -0.15) is 0 Å². The fraction of sp³-hybridized carbons (Fsp3) is 0.188. The van der Waals surface area contributed by atoms with Crippen molar-refractivity contribution < 1.29 is 14.3 Å². The van der Waals surface area contributed by atoms with Gasteiger partial charge in [0, 0.05) is 24.4 Å². The molecule has 0 spiro atoms. The summed E-state index contributed by atoms with van der Waals surface area (Å²) in [6.07, 6.45) is 7.90. The Morgan fingerprint density at radius 3 is 2.72 bits per heavy atom. The number of terminal acetylenes is 1. The molecule has 2 rings (SSSR count). The van der Waals surface area contributed by atoms with Crippen LogP contribution in [0.5, 0.6) is 6.01 Å². The average Bonchev–Trinajstić information content (AvgIpc) is 2.60. The lowest BCUT2D eigenvalue weighted by molar-refractivity contribution is 0.149. The van der Waals surface area contributed by atoms with Gasteiger partial charge in [-0.1, -0.05) is 6.07 Å². The van der Waals surface area contributed by atoms with E-state index >= 15 is 0 Å². The second-order valence-electron chi connectivity index (χ2n) is 4.66. The molecule has 9 heteroatoms. The zero-order valence-electron chi connectivity index (χ0n) is 13.3. The van der Waals surface area contributed by atoms with Gasteiger partial charge in [-0.25, -0.2) is 19.7 Å². The van der Waals surface area contributed by atoms with E-state index in [0.717, 1.165) is 0 Å². The van der Waals surface area contributed by atoms with Crippen LogP contribution in [0.3, 0.4) is 0 Å². The molecule has 2 heterocycles. The normalized spacial score (nSPS) is 9.72. The van der Waals surface area contributed by atoms with Crippen molar-refractivity contribution in [2.24, 2.45) is 16.5 Å². The Morgan fingerprint density at radius 2 is 2.04 bits per heavy atom. The largest absolute Gasteiger partial charge is 0.462 e. The summed E-state index contributed by atoms with van der Waals surface area (Å²) in [6.45, 7) is 0.280. The molecule has 0 bridgehead atoms. The topological polar surface area (TPSA) is 139 Å². The van der Waals surface area contributed by atoms with E-state index in [4.69, 9.17) is 27.4 Å². The number of ether oxygens (including phenoxy) is 2. The number of nitrogens with zero attached hydrogens (tertiary/aromatic N) is 4. The molecule has 2 aromatic rings. The van der Waals surface area contributed by atoms with Gasteiger partial charge in [0.25, 0.3) is 0 Å². The number of amides is 1. The second kappa shape index (κ2) is 8.83. The Bertz CT molecular complexity index is 794. The SMILES string of the molecule is C#CCCOc1ncc(-c2cccc(COC(=O)N=C(N)N)n2)cn1. The number of carbonyl (C=O) groups excluding carboxylic acids is 1. The molecular formula is C16H16N6O3. The van der Waals surface area contributed by atoms with Crippen molar-refractivity contribution in [2.45, 2.75) is 13.0 Å². The van der Waals surface area contributed by atoms with Gasteiger partial charge in [-0.15, -0.1) is 17.3 Å². The lowest BCUT2D eigenvalue weighted by Gasteiger charge is -2.06. The summed E-state index contributed by atoms with van der Waals surface area (Å²) in [5.41, 5.74) is 12.0. The quantitative estimate of drug-likeness (QED) is 0.341. The van der Waals surface area contributed by atoms with E-state index in [1.165, 1.54) is 0 Å². The maximum Gasteiger partial charge on any atom is 0.437 e. The maximum absolute atomic E-state index is 11.3. The summed E-state index contributed by atoms with van der Waals surface area (Å²) >= 11 is 0. The van der Waals surface area contributed by atoms with Crippen molar-refractivity contribution in [2.75, 3.05) is 6.61 Å². The van der Waals surface area contributed by atoms with Crippen LogP contribution in [-0.2, 0) is 11.3 Å². The van der Waals surface area contributed by atoms with Gasteiger partial charge >= 0.3 is 12.1 Å². The highest BCUT2D eigenvalue weighted by Gasteiger charge is 2.06. The summed E-state index contributed by atoms with van der Waals surface area (Å²) in [4.78, 5) is 27.1. The second-order valence-corrected chi connectivity index (χ2v) is 4.66. The molecule has 0 radical (unpaired) electrons. The number of rotatable bonds is 6. The van der Waals surface area contributed by atoms with E-state index in [-0.39, 0.29) is 18.6 Å². The first-order valence-corrected chi connectivity index (χ1v) is 7.19. The number of guanidine groups is 1. The fourth-order valence-electron chi connectivity index (χ4n) is 1.72. The van der Waals surface area contributed by atoms with Crippen molar-refractivity contribution in [3.63, 3.8) is 0 Å². The van der Waals surface area contributed by atoms with E-state index < -0.39 is 6.09 Å². The van der Waals surface area contributed by atoms with Gasteiger partial charge < -0.3 is 20.9 Å². The van der Waals surface area contributed by atoms with Crippen LogP contribution in [0, 0.1) is 12.3 Å². The third kappa shape index (κ3) is 5.80. The molecule has 4 N–H and O–H groups in total. The summed E-state index contributed by atoms with van der Waals surface area (Å²) in [5.74, 6) is 2.10. The Morgan fingerprint density at radius 1 is 1.28 bits per heavy atom. The van der Waals surface area contributed by atoms with Crippen molar-refractivity contribution in [3.05, 3.63) is 36.3 Å². The highest BCUT2D eigenvalue weighted by molar-refractivity contribution is 5.87. The van der Waals surface area contributed by atoms with Crippen LogP contribution in [0.25, 0.3) is 11.3 Å². The Kier molecular flexibility index (Phi) is 6.24. The molecule has 0 aliphatic rings. The Labute approximate surface area is 144 Å². The molecule has 0 aliphatic heterocycles. The Hall–Kier alpha value is -3.67. The van der Waals surface area contributed by atoms with Crippen molar-refractivity contribution in [3.8, 4) is 29.6 Å². The van der Waals surface area contributed by atoms with E-state index in [1.54, 1.807) is 30.6 Å². The van der Waals surface area contributed by atoms with Crippen LogP contribution in [0.2, 0.25) is 0 Å². The fourth-order valence-corrected chi connectivity index (χ4v) is 1.72. The minimum absolute atomic E-state index is 0.0718. The van der Waals surface area contributed by atoms with Crippen LogP contribution in [-0.4, -0.2) is 33.6 Å². The summed E-state index contributed by atoms with van der Waals surface area (Å²) in [6, 6.07) is 5.48. The first-order valence-electron chi connectivity index (χ1n) is 7.19. The van der Waals surface area contributed by atoms with Crippen molar-refractivity contribution >= 4 is 12.1 Å². The molecule has 128 valence electrons. The molecular weight excluding hydrogens is 324 g/mol. The standard InChI is InChI=1S/C16H16N6O3/c1-2-3-7-24-15-19-8-11(9-20-15)13-6-4-5-12(21-13)10-25-16(23)22-14(17)18/h1,4-6,8-9H,3,7,10H2,(H4,17,18,22,23). The molecule has 0 atom stereocenters. The smallest absolute Gasteiger partial charge is 0.437 e. The number of carbonyl (C=O) groups is 1. The lowest BCUT2D eigenvalue weighted by Crippen LogP contribution is -2.24. The highest BCUT2D eigenvalue weighted by atomic mass is 16.5. The van der Waals surface area contributed by atoms with E-state index in [9.17, 15) is 4.79 Å². The monoisotopic (exact) mass is 340 g/mol. The number of hydrogen-bond acceptors (Lipinski definition) is 6. The number of nitrogens with two attached hydrogens (primary N) is 2. The predicted octanol–water partition coefficient (Wildman–Crippen LogP) is 0.851.